The van der Waals surface area contributed by atoms with E-state index < -0.39 is 5.54 Å². The third kappa shape index (κ3) is 3.19. The fourth-order valence-corrected chi connectivity index (χ4v) is 2.42. The fraction of sp³-hybridized carbons (Fsp3) is 0.917. The quantitative estimate of drug-likeness (QED) is 0.722. The molecule has 1 saturated heterocycles. The highest BCUT2D eigenvalue weighted by Crippen LogP contribution is 2.29. The largest absolute Gasteiger partial charge is 0.368 e. The molecule has 0 saturated carbocycles. The SMILES string of the molecule is CCNC(C)(CN1CCC(C)(C)C1)C(N)=O. The molecule has 0 aromatic heterocycles. The average Bonchev–Trinajstić information content (AvgIpc) is 2.45. The van der Waals surface area contributed by atoms with Gasteiger partial charge >= 0.3 is 0 Å². The van der Waals surface area contributed by atoms with E-state index in [1.54, 1.807) is 0 Å². The Hall–Kier alpha value is -0.610. The zero-order valence-corrected chi connectivity index (χ0v) is 11.0. The zero-order chi connectivity index (χ0) is 12.4. The number of likely N-dealkylation sites (N-methyl/N-ethyl adjacent to an activating group) is 1. The van der Waals surface area contributed by atoms with E-state index in [1.165, 1.54) is 6.42 Å². The van der Waals surface area contributed by atoms with Gasteiger partial charge in [-0.05, 0) is 31.8 Å². The van der Waals surface area contributed by atoms with E-state index in [9.17, 15) is 4.79 Å². The van der Waals surface area contributed by atoms with Crippen molar-refractivity contribution in [2.24, 2.45) is 11.1 Å². The minimum Gasteiger partial charge on any atom is -0.368 e. The molecule has 1 fully saturated rings. The monoisotopic (exact) mass is 227 g/mol. The van der Waals surface area contributed by atoms with E-state index in [0.29, 0.717) is 12.0 Å². The molecule has 1 rings (SSSR count). The van der Waals surface area contributed by atoms with Crippen molar-refractivity contribution in [1.82, 2.24) is 10.2 Å². The molecule has 0 aliphatic carbocycles. The summed E-state index contributed by atoms with van der Waals surface area (Å²) in [6.45, 7) is 12.0. The van der Waals surface area contributed by atoms with Crippen molar-refractivity contribution >= 4 is 5.91 Å². The van der Waals surface area contributed by atoms with Crippen LogP contribution in [0.2, 0.25) is 0 Å². The standard InChI is InChI=1S/C12H25N3O/c1-5-14-12(4,10(13)16)9-15-7-6-11(2,3)8-15/h14H,5-9H2,1-4H3,(H2,13,16). The minimum absolute atomic E-state index is 0.265. The molecule has 0 radical (unpaired) electrons. The lowest BCUT2D eigenvalue weighted by molar-refractivity contribution is -0.124. The Morgan fingerprint density at radius 1 is 1.56 bits per heavy atom. The highest BCUT2D eigenvalue weighted by Gasteiger charge is 2.37. The normalized spacial score (nSPS) is 24.2. The summed E-state index contributed by atoms with van der Waals surface area (Å²) < 4.78 is 0. The molecule has 3 N–H and O–H groups in total. The topological polar surface area (TPSA) is 58.4 Å². The van der Waals surface area contributed by atoms with Crippen LogP contribution in [0.25, 0.3) is 0 Å². The Bertz CT molecular complexity index is 265. The number of nitrogens with two attached hydrogens (primary N) is 1. The maximum atomic E-state index is 11.5. The summed E-state index contributed by atoms with van der Waals surface area (Å²) in [5.74, 6) is -0.265. The van der Waals surface area contributed by atoms with Crippen LogP contribution in [0.5, 0.6) is 0 Å². The molecule has 16 heavy (non-hydrogen) atoms. The summed E-state index contributed by atoms with van der Waals surface area (Å²) >= 11 is 0. The molecule has 1 atom stereocenters. The predicted octanol–water partition coefficient (Wildman–Crippen LogP) is 0.572. The first-order chi connectivity index (χ1) is 7.29. The summed E-state index contributed by atoms with van der Waals surface area (Å²) in [5, 5.41) is 3.20. The van der Waals surface area contributed by atoms with Gasteiger partial charge in [0.25, 0.3) is 0 Å². The van der Waals surface area contributed by atoms with Crippen LogP contribution in [0.3, 0.4) is 0 Å². The molecule has 1 aliphatic rings. The molecule has 4 nitrogen and oxygen atoms in total. The molecular weight excluding hydrogens is 202 g/mol. The minimum atomic E-state index is -0.602. The molecule has 94 valence electrons. The van der Waals surface area contributed by atoms with Gasteiger partial charge < -0.3 is 16.0 Å². The summed E-state index contributed by atoms with van der Waals surface area (Å²) in [6, 6.07) is 0. The van der Waals surface area contributed by atoms with Crippen LogP contribution in [0.1, 0.15) is 34.1 Å². The number of rotatable bonds is 5. The Balaban J connectivity index is 2.60. The van der Waals surface area contributed by atoms with Gasteiger partial charge in [-0.1, -0.05) is 20.8 Å². The number of hydrogen-bond acceptors (Lipinski definition) is 3. The van der Waals surface area contributed by atoms with Gasteiger partial charge in [0.2, 0.25) is 5.91 Å². The van der Waals surface area contributed by atoms with Crippen molar-refractivity contribution in [3.8, 4) is 0 Å². The third-order valence-electron chi connectivity index (χ3n) is 3.41. The van der Waals surface area contributed by atoms with Crippen LogP contribution >= 0.6 is 0 Å². The second kappa shape index (κ2) is 4.72. The van der Waals surface area contributed by atoms with Gasteiger partial charge in [-0.3, -0.25) is 4.79 Å². The molecule has 4 heteroatoms. The number of carbonyl (C=O) groups excluding carboxylic acids is 1. The molecule has 0 bridgehead atoms. The van der Waals surface area contributed by atoms with Crippen molar-refractivity contribution < 1.29 is 4.79 Å². The van der Waals surface area contributed by atoms with Gasteiger partial charge in [-0.25, -0.2) is 0 Å². The summed E-state index contributed by atoms with van der Waals surface area (Å²) in [5.41, 5.74) is 5.24. The van der Waals surface area contributed by atoms with Crippen LogP contribution < -0.4 is 11.1 Å². The van der Waals surface area contributed by atoms with E-state index in [-0.39, 0.29) is 5.91 Å². The summed E-state index contributed by atoms with van der Waals surface area (Å²) in [4.78, 5) is 13.8. The van der Waals surface area contributed by atoms with Crippen LogP contribution in [0.15, 0.2) is 0 Å². The number of nitrogens with one attached hydrogen (secondary N) is 1. The number of hydrogen-bond donors (Lipinski definition) is 2. The van der Waals surface area contributed by atoms with E-state index in [2.05, 4.69) is 24.1 Å². The highest BCUT2D eigenvalue weighted by atomic mass is 16.1. The van der Waals surface area contributed by atoms with Crippen LogP contribution in [0, 0.1) is 5.41 Å². The number of amides is 1. The van der Waals surface area contributed by atoms with Gasteiger partial charge in [0.1, 0.15) is 5.54 Å². The van der Waals surface area contributed by atoms with Gasteiger partial charge in [-0.2, -0.15) is 0 Å². The highest BCUT2D eigenvalue weighted by molar-refractivity contribution is 5.84. The number of carbonyl (C=O) groups is 1. The second-order valence-corrected chi connectivity index (χ2v) is 5.85. The van der Waals surface area contributed by atoms with Crippen LogP contribution in [0.4, 0.5) is 0 Å². The van der Waals surface area contributed by atoms with Crippen molar-refractivity contribution in [2.75, 3.05) is 26.2 Å². The van der Waals surface area contributed by atoms with E-state index in [0.717, 1.165) is 19.6 Å². The zero-order valence-electron chi connectivity index (χ0n) is 11.0. The van der Waals surface area contributed by atoms with Gasteiger partial charge in [0.15, 0.2) is 0 Å². The fourth-order valence-electron chi connectivity index (χ4n) is 2.42. The van der Waals surface area contributed by atoms with Crippen molar-refractivity contribution in [2.45, 2.75) is 39.7 Å². The summed E-state index contributed by atoms with van der Waals surface area (Å²) in [7, 11) is 0. The maximum Gasteiger partial charge on any atom is 0.238 e. The van der Waals surface area contributed by atoms with Crippen molar-refractivity contribution in [1.29, 1.82) is 0 Å². The molecule has 0 aromatic rings. The number of likely N-dealkylation sites (tertiary alicyclic amines) is 1. The van der Waals surface area contributed by atoms with Crippen LogP contribution in [-0.4, -0.2) is 42.5 Å². The molecule has 0 spiro atoms. The van der Waals surface area contributed by atoms with Crippen molar-refractivity contribution in [3.05, 3.63) is 0 Å². The smallest absolute Gasteiger partial charge is 0.238 e. The molecule has 1 unspecified atom stereocenters. The second-order valence-electron chi connectivity index (χ2n) is 5.85. The molecular formula is C12H25N3O. The Morgan fingerprint density at radius 3 is 2.56 bits per heavy atom. The van der Waals surface area contributed by atoms with Gasteiger partial charge in [0, 0.05) is 13.1 Å². The Labute approximate surface area is 98.6 Å². The third-order valence-corrected chi connectivity index (χ3v) is 3.41. The van der Waals surface area contributed by atoms with E-state index in [4.69, 9.17) is 5.73 Å². The Morgan fingerprint density at radius 2 is 2.19 bits per heavy atom. The first kappa shape index (κ1) is 13.5. The average molecular weight is 227 g/mol. The van der Waals surface area contributed by atoms with Crippen LogP contribution in [-0.2, 0) is 4.79 Å². The molecule has 1 amide bonds. The first-order valence-corrected chi connectivity index (χ1v) is 6.06. The maximum absolute atomic E-state index is 11.5. The Kier molecular flexibility index (Phi) is 3.97. The summed E-state index contributed by atoms with van der Waals surface area (Å²) in [6.07, 6.45) is 1.19. The van der Waals surface area contributed by atoms with E-state index in [1.807, 2.05) is 13.8 Å². The van der Waals surface area contributed by atoms with Gasteiger partial charge in [-0.15, -0.1) is 0 Å². The first-order valence-electron chi connectivity index (χ1n) is 6.06. The number of nitrogens with zero attached hydrogens (tertiary/aromatic N) is 1. The lowest BCUT2D eigenvalue weighted by Gasteiger charge is -2.32. The lowest BCUT2D eigenvalue weighted by atomic mass is 9.93. The number of primary amides is 1. The van der Waals surface area contributed by atoms with Gasteiger partial charge in [0.05, 0.1) is 0 Å². The molecule has 1 heterocycles. The predicted molar refractivity (Wildman–Crippen MR) is 66.1 cm³/mol. The molecule has 0 aromatic carbocycles. The van der Waals surface area contributed by atoms with Crippen molar-refractivity contribution in [3.63, 3.8) is 0 Å². The van der Waals surface area contributed by atoms with E-state index >= 15 is 0 Å². The lowest BCUT2D eigenvalue weighted by Crippen LogP contribution is -2.59. The molecule has 1 aliphatic heterocycles.